The zero-order valence-corrected chi connectivity index (χ0v) is 12.1. The maximum Gasteiger partial charge on any atom is 0.335 e. The van der Waals surface area contributed by atoms with Gasteiger partial charge in [0.15, 0.2) is 0 Å². The highest BCUT2D eigenvalue weighted by atomic mass is 35.5. The SMILES string of the molecule is CC=C(C=C(Cl)CC)NC(=O)c1ccc(C(=O)O)cc1. The van der Waals surface area contributed by atoms with Crippen LogP contribution in [0.25, 0.3) is 0 Å². The molecule has 0 saturated heterocycles. The number of nitrogens with one attached hydrogen (secondary N) is 1. The first-order valence-corrected chi connectivity index (χ1v) is 6.52. The molecule has 0 aliphatic carbocycles. The van der Waals surface area contributed by atoms with E-state index in [1.807, 2.05) is 6.92 Å². The molecule has 2 N–H and O–H groups in total. The summed E-state index contributed by atoms with van der Waals surface area (Å²) in [6, 6.07) is 5.72. The molecule has 0 atom stereocenters. The molecule has 0 aliphatic rings. The third kappa shape index (κ3) is 4.55. The lowest BCUT2D eigenvalue weighted by atomic mass is 10.1. The largest absolute Gasteiger partial charge is 0.478 e. The Morgan fingerprint density at radius 3 is 2.25 bits per heavy atom. The van der Waals surface area contributed by atoms with Crippen molar-refractivity contribution in [2.75, 3.05) is 0 Å². The van der Waals surface area contributed by atoms with Crippen molar-refractivity contribution in [2.24, 2.45) is 0 Å². The van der Waals surface area contributed by atoms with Gasteiger partial charge in [0.25, 0.3) is 5.91 Å². The summed E-state index contributed by atoms with van der Waals surface area (Å²) in [7, 11) is 0. The third-order valence-corrected chi connectivity index (χ3v) is 2.99. The molecule has 1 aromatic carbocycles. The fourth-order valence-corrected chi connectivity index (χ4v) is 1.55. The maximum absolute atomic E-state index is 12.0. The number of allylic oxidation sites excluding steroid dienone is 3. The van der Waals surface area contributed by atoms with E-state index in [1.54, 1.807) is 19.1 Å². The molecule has 0 radical (unpaired) electrons. The molecule has 0 aliphatic heterocycles. The molecule has 0 bridgehead atoms. The molecule has 0 fully saturated rings. The van der Waals surface area contributed by atoms with Gasteiger partial charge in [0.1, 0.15) is 0 Å². The lowest BCUT2D eigenvalue weighted by molar-refractivity contribution is 0.0696. The van der Waals surface area contributed by atoms with Crippen molar-refractivity contribution in [3.63, 3.8) is 0 Å². The molecule has 20 heavy (non-hydrogen) atoms. The van der Waals surface area contributed by atoms with Gasteiger partial charge in [0.05, 0.1) is 5.56 Å². The minimum absolute atomic E-state index is 0.140. The molecule has 1 aromatic rings. The molecule has 0 saturated carbocycles. The monoisotopic (exact) mass is 293 g/mol. The second-order valence-electron chi connectivity index (χ2n) is 4.03. The average Bonchev–Trinajstić information content (AvgIpc) is 2.46. The Morgan fingerprint density at radius 1 is 1.25 bits per heavy atom. The lowest BCUT2D eigenvalue weighted by Gasteiger charge is -2.07. The minimum atomic E-state index is -1.02. The number of amides is 1. The Morgan fingerprint density at radius 2 is 1.80 bits per heavy atom. The molecule has 1 rings (SSSR count). The summed E-state index contributed by atoms with van der Waals surface area (Å²) in [5, 5.41) is 12.1. The minimum Gasteiger partial charge on any atom is -0.478 e. The molecule has 4 nitrogen and oxygen atoms in total. The number of halogens is 1. The van der Waals surface area contributed by atoms with Crippen molar-refractivity contribution in [3.8, 4) is 0 Å². The van der Waals surface area contributed by atoms with Crippen molar-refractivity contribution in [1.82, 2.24) is 5.32 Å². The van der Waals surface area contributed by atoms with Crippen LogP contribution in [-0.4, -0.2) is 17.0 Å². The van der Waals surface area contributed by atoms with Crippen LogP contribution in [0, 0.1) is 0 Å². The molecular formula is C15H16ClNO3. The molecule has 1 amide bonds. The van der Waals surface area contributed by atoms with E-state index in [4.69, 9.17) is 16.7 Å². The number of carbonyl (C=O) groups is 2. The Labute approximate surface area is 122 Å². The highest BCUT2D eigenvalue weighted by molar-refractivity contribution is 6.29. The van der Waals surface area contributed by atoms with Gasteiger partial charge < -0.3 is 10.4 Å². The van der Waals surface area contributed by atoms with Crippen LogP contribution in [0.3, 0.4) is 0 Å². The Balaban J connectivity index is 2.83. The molecule has 0 aromatic heterocycles. The molecule has 106 valence electrons. The van der Waals surface area contributed by atoms with E-state index in [-0.39, 0.29) is 11.5 Å². The summed E-state index contributed by atoms with van der Waals surface area (Å²) >= 11 is 5.93. The molecule has 0 unspecified atom stereocenters. The van der Waals surface area contributed by atoms with E-state index >= 15 is 0 Å². The van der Waals surface area contributed by atoms with E-state index in [0.29, 0.717) is 22.7 Å². The molecular weight excluding hydrogens is 278 g/mol. The van der Waals surface area contributed by atoms with E-state index in [1.165, 1.54) is 24.3 Å². The number of hydrogen-bond donors (Lipinski definition) is 2. The van der Waals surface area contributed by atoms with E-state index in [2.05, 4.69) is 5.32 Å². The van der Waals surface area contributed by atoms with Gasteiger partial charge in [0, 0.05) is 16.3 Å². The fraction of sp³-hybridized carbons (Fsp3) is 0.200. The molecule has 0 heterocycles. The summed E-state index contributed by atoms with van der Waals surface area (Å²) in [5.74, 6) is -1.34. The third-order valence-electron chi connectivity index (χ3n) is 2.61. The number of carboxylic acid groups (broad SMARTS) is 1. The first-order chi connectivity index (χ1) is 9.47. The van der Waals surface area contributed by atoms with Crippen LogP contribution < -0.4 is 5.32 Å². The number of rotatable bonds is 5. The zero-order valence-electron chi connectivity index (χ0n) is 11.3. The summed E-state index contributed by atoms with van der Waals surface area (Å²) < 4.78 is 0. The van der Waals surface area contributed by atoms with Crippen molar-refractivity contribution in [2.45, 2.75) is 20.3 Å². The van der Waals surface area contributed by atoms with Crippen LogP contribution in [-0.2, 0) is 0 Å². The maximum atomic E-state index is 12.0. The predicted molar refractivity (Wildman–Crippen MR) is 78.9 cm³/mol. The normalized spacial score (nSPS) is 12.2. The van der Waals surface area contributed by atoms with Gasteiger partial charge in [-0.3, -0.25) is 4.79 Å². The summed E-state index contributed by atoms with van der Waals surface area (Å²) in [6.45, 7) is 3.71. The van der Waals surface area contributed by atoms with Gasteiger partial charge in [0.2, 0.25) is 0 Å². The van der Waals surface area contributed by atoms with Crippen molar-refractivity contribution in [1.29, 1.82) is 0 Å². The standard InChI is InChI=1S/C15H16ClNO3/c1-3-12(16)9-13(4-2)17-14(18)10-5-7-11(8-6-10)15(19)20/h4-9H,3H2,1-2H3,(H,17,18)(H,19,20). The highest BCUT2D eigenvalue weighted by Crippen LogP contribution is 2.10. The second kappa shape index (κ2) is 7.50. The van der Waals surface area contributed by atoms with E-state index in [0.717, 1.165) is 0 Å². The lowest BCUT2D eigenvalue weighted by Crippen LogP contribution is -2.22. The van der Waals surface area contributed by atoms with Gasteiger partial charge in [-0.2, -0.15) is 0 Å². The number of hydrogen-bond acceptors (Lipinski definition) is 2. The Bertz CT molecular complexity index is 559. The van der Waals surface area contributed by atoms with Crippen LogP contribution in [0.4, 0.5) is 0 Å². The summed E-state index contributed by atoms with van der Waals surface area (Å²) in [6.07, 6.45) is 4.11. The number of benzene rings is 1. The van der Waals surface area contributed by atoms with Crippen LogP contribution in [0.15, 0.2) is 47.1 Å². The Kier molecular flexibility index (Phi) is 6.00. The fourth-order valence-electron chi connectivity index (χ4n) is 1.43. The quantitative estimate of drug-likeness (QED) is 0.816. The topological polar surface area (TPSA) is 66.4 Å². The predicted octanol–water partition coefficient (Wildman–Crippen LogP) is 3.55. The van der Waals surface area contributed by atoms with E-state index < -0.39 is 5.97 Å². The second-order valence-corrected chi connectivity index (χ2v) is 4.51. The van der Waals surface area contributed by atoms with Crippen molar-refractivity contribution >= 4 is 23.5 Å². The average molecular weight is 294 g/mol. The van der Waals surface area contributed by atoms with Crippen LogP contribution in [0.5, 0.6) is 0 Å². The van der Waals surface area contributed by atoms with Gasteiger partial charge in [-0.1, -0.05) is 24.6 Å². The molecule has 0 spiro atoms. The van der Waals surface area contributed by atoms with Gasteiger partial charge in [-0.25, -0.2) is 4.79 Å². The summed E-state index contributed by atoms with van der Waals surface area (Å²) in [5.41, 5.74) is 1.13. The summed E-state index contributed by atoms with van der Waals surface area (Å²) in [4.78, 5) is 22.7. The first kappa shape index (κ1) is 16.0. The zero-order chi connectivity index (χ0) is 15.1. The van der Waals surface area contributed by atoms with Gasteiger partial charge in [-0.05, 0) is 43.7 Å². The van der Waals surface area contributed by atoms with Crippen LogP contribution >= 0.6 is 11.6 Å². The van der Waals surface area contributed by atoms with Crippen molar-refractivity contribution < 1.29 is 14.7 Å². The van der Waals surface area contributed by atoms with Crippen LogP contribution in [0.1, 0.15) is 41.0 Å². The van der Waals surface area contributed by atoms with Crippen molar-refractivity contribution in [3.05, 3.63) is 58.3 Å². The number of carbonyl (C=O) groups excluding carboxylic acids is 1. The van der Waals surface area contributed by atoms with Crippen LogP contribution in [0.2, 0.25) is 0 Å². The number of aromatic carboxylic acids is 1. The van der Waals surface area contributed by atoms with Gasteiger partial charge in [-0.15, -0.1) is 0 Å². The van der Waals surface area contributed by atoms with E-state index in [9.17, 15) is 9.59 Å². The first-order valence-electron chi connectivity index (χ1n) is 6.15. The highest BCUT2D eigenvalue weighted by Gasteiger charge is 2.08. The smallest absolute Gasteiger partial charge is 0.335 e. The molecule has 5 heteroatoms. The van der Waals surface area contributed by atoms with Gasteiger partial charge >= 0.3 is 5.97 Å². The Hall–Kier alpha value is -2.07. The number of carboxylic acids is 1.